The van der Waals surface area contributed by atoms with Gasteiger partial charge in [0.25, 0.3) is 0 Å². The zero-order valence-corrected chi connectivity index (χ0v) is 10.9. The van der Waals surface area contributed by atoms with E-state index in [0.717, 1.165) is 29.0 Å². The Morgan fingerprint density at radius 3 is 2.75 bits per heavy atom. The number of ether oxygens (including phenoxy) is 1. The fourth-order valence-electron chi connectivity index (χ4n) is 1.22. The lowest BCUT2D eigenvalue weighted by molar-refractivity contribution is 0.128. The van der Waals surface area contributed by atoms with E-state index in [1.165, 1.54) is 0 Å². The first-order chi connectivity index (χ1) is 7.80. The first kappa shape index (κ1) is 13.3. The molecule has 0 bridgehead atoms. The highest BCUT2D eigenvalue weighted by Crippen LogP contribution is 2.18. The van der Waals surface area contributed by atoms with Crippen LogP contribution < -0.4 is 5.32 Å². The third-order valence-corrected chi connectivity index (χ3v) is 2.63. The predicted molar refractivity (Wildman–Crippen MR) is 67.9 cm³/mol. The Bertz CT molecular complexity index is 296. The number of aromatic nitrogens is 2. The molecule has 0 aliphatic rings. The van der Waals surface area contributed by atoms with Gasteiger partial charge in [-0.05, 0) is 19.6 Å². The maximum Gasteiger partial charge on any atom is 0.157 e. The molecular weight excluding hydrogens is 222 g/mol. The first-order valence-electron chi connectivity index (χ1n) is 5.62. The minimum Gasteiger partial charge on any atom is -0.374 e. The fourth-order valence-corrected chi connectivity index (χ4v) is 1.88. The normalized spacial score (nSPS) is 10.4. The third kappa shape index (κ3) is 4.37. The molecule has 0 saturated heterocycles. The SMILES string of the molecule is CCNc1cc(SCC)nc(COCC)n1. The van der Waals surface area contributed by atoms with E-state index in [1.807, 2.05) is 13.0 Å². The van der Waals surface area contributed by atoms with Crippen molar-refractivity contribution in [2.24, 2.45) is 0 Å². The molecular formula is C11H19N3OS. The lowest BCUT2D eigenvalue weighted by Crippen LogP contribution is -2.05. The van der Waals surface area contributed by atoms with E-state index in [9.17, 15) is 0 Å². The van der Waals surface area contributed by atoms with Crippen LogP contribution in [0, 0.1) is 0 Å². The van der Waals surface area contributed by atoms with E-state index in [-0.39, 0.29) is 0 Å². The highest BCUT2D eigenvalue weighted by atomic mass is 32.2. The van der Waals surface area contributed by atoms with E-state index in [1.54, 1.807) is 11.8 Å². The van der Waals surface area contributed by atoms with Crippen molar-refractivity contribution in [2.45, 2.75) is 32.4 Å². The van der Waals surface area contributed by atoms with Gasteiger partial charge in [0.1, 0.15) is 17.5 Å². The molecule has 0 radical (unpaired) electrons. The molecule has 1 heterocycles. The van der Waals surface area contributed by atoms with Gasteiger partial charge in [-0.15, -0.1) is 11.8 Å². The van der Waals surface area contributed by atoms with Crippen molar-refractivity contribution in [2.75, 3.05) is 24.2 Å². The Morgan fingerprint density at radius 2 is 2.12 bits per heavy atom. The summed E-state index contributed by atoms with van der Waals surface area (Å²) in [4.78, 5) is 8.81. The van der Waals surface area contributed by atoms with Crippen LogP contribution in [0.4, 0.5) is 5.82 Å². The van der Waals surface area contributed by atoms with Crippen LogP contribution in [0.2, 0.25) is 0 Å². The molecule has 0 amide bonds. The van der Waals surface area contributed by atoms with Crippen molar-refractivity contribution in [1.82, 2.24) is 9.97 Å². The van der Waals surface area contributed by atoms with Crippen LogP contribution in [0.1, 0.15) is 26.6 Å². The topological polar surface area (TPSA) is 47.0 Å². The van der Waals surface area contributed by atoms with Gasteiger partial charge < -0.3 is 10.1 Å². The van der Waals surface area contributed by atoms with E-state index in [0.29, 0.717) is 13.2 Å². The van der Waals surface area contributed by atoms with Crippen molar-refractivity contribution < 1.29 is 4.74 Å². The molecule has 0 fully saturated rings. The second kappa shape index (κ2) is 7.46. The summed E-state index contributed by atoms with van der Waals surface area (Å²) in [6.07, 6.45) is 0. The van der Waals surface area contributed by atoms with Gasteiger partial charge in [0.15, 0.2) is 5.82 Å². The van der Waals surface area contributed by atoms with Crippen LogP contribution in [-0.4, -0.2) is 28.9 Å². The van der Waals surface area contributed by atoms with Gasteiger partial charge in [-0.2, -0.15) is 0 Å². The van der Waals surface area contributed by atoms with Gasteiger partial charge >= 0.3 is 0 Å². The number of hydrogen-bond donors (Lipinski definition) is 1. The van der Waals surface area contributed by atoms with Crippen molar-refractivity contribution in [1.29, 1.82) is 0 Å². The molecule has 0 unspecified atom stereocenters. The molecule has 1 aromatic heterocycles. The number of nitrogens with zero attached hydrogens (tertiary/aromatic N) is 2. The molecule has 4 nitrogen and oxygen atoms in total. The second-order valence-corrected chi connectivity index (χ2v) is 4.39. The van der Waals surface area contributed by atoms with Crippen LogP contribution in [0.25, 0.3) is 0 Å². The summed E-state index contributed by atoms with van der Waals surface area (Å²) in [7, 11) is 0. The average Bonchev–Trinajstić information content (AvgIpc) is 2.27. The third-order valence-electron chi connectivity index (χ3n) is 1.83. The number of anilines is 1. The van der Waals surface area contributed by atoms with Crippen LogP contribution in [0.15, 0.2) is 11.1 Å². The van der Waals surface area contributed by atoms with Crippen molar-refractivity contribution >= 4 is 17.6 Å². The Hall–Kier alpha value is -0.810. The standard InChI is InChI=1S/C11H19N3OS/c1-4-12-9-7-11(16-6-3)14-10(13-9)8-15-5-2/h7H,4-6,8H2,1-3H3,(H,12,13,14). The van der Waals surface area contributed by atoms with Crippen molar-refractivity contribution in [3.05, 3.63) is 11.9 Å². The van der Waals surface area contributed by atoms with Gasteiger partial charge in [0, 0.05) is 19.2 Å². The molecule has 0 aliphatic carbocycles. The average molecular weight is 241 g/mol. The van der Waals surface area contributed by atoms with Gasteiger partial charge in [-0.3, -0.25) is 0 Å². The Kier molecular flexibility index (Phi) is 6.18. The molecule has 1 aromatic rings. The summed E-state index contributed by atoms with van der Waals surface area (Å²) in [6, 6.07) is 1.98. The van der Waals surface area contributed by atoms with Crippen LogP contribution in [-0.2, 0) is 11.3 Å². The van der Waals surface area contributed by atoms with E-state index in [4.69, 9.17) is 4.74 Å². The molecule has 0 aliphatic heterocycles. The zero-order valence-electron chi connectivity index (χ0n) is 10.1. The summed E-state index contributed by atoms with van der Waals surface area (Å²) in [5.74, 6) is 2.64. The second-order valence-electron chi connectivity index (χ2n) is 3.11. The van der Waals surface area contributed by atoms with Crippen LogP contribution >= 0.6 is 11.8 Å². The maximum absolute atomic E-state index is 5.32. The summed E-state index contributed by atoms with van der Waals surface area (Å²) < 4.78 is 5.32. The molecule has 1 N–H and O–H groups in total. The van der Waals surface area contributed by atoms with Gasteiger partial charge in [-0.1, -0.05) is 6.92 Å². The fraction of sp³-hybridized carbons (Fsp3) is 0.636. The summed E-state index contributed by atoms with van der Waals surface area (Å²) >= 11 is 1.72. The molecule has 0 saturated carbocycles. The summed E-state index contributed by atoms with van der Waals surface area (Å²) in [5.41, 5.74) is 0. The van der Waals surface area contributed by atoms with Crippen molar-refractivity contribution in [3.8, 4) is 0 Å². The lowest BCUT2D eigenvalue weighted by atomic mass is 10.5. The maximum atomic E-state index is 5.32. The molecule has 90 valence electrons. The van der Waals surface area contributed by atoms with Crippen LogP contribution in [0.3, 0.4) is 0 Å². The minimum atomic E-state index is 0.479. The molecule has 1 rings (SSSR count). The smallest absolute Gasteiger partial charge is 0.157 e. The molecule has 0 aromatic carbocycles. The quantitative estimate of drug-likeness (QED) is 0.587. The predicted octanol–water partition coefficient (Wildman–Crippen LogP) is 2.56. The number of thioether (sulfide) groups is 1. The number of nitrogens with one attached hydrogen (secondary N) is 1. The highest BCUT2D eigenvalue weighted by Gasteiger charge is 2.04. The Morgan fingerprint density at radius 1 is 1.31 bits per heavy atom. The lowest BCUT2D eigenvalue weighted by Gasteiger charge is -2.08. The molecule has 5 heteroatoms. The largest absolute Gasteiger partial charge is 0.374 e. The molecule has 0 atom stereocenters. The van der Waals surface area contributed by atoms with Gasteiger partial charge in [0.05, 0.1) is 0 Å². The monoisotopic (exact) mass is 241 g/mol. The number of hydrogen-bond acceptors (Lipinski definition) is 5. The Labute approximate surface area is 101 Å². The first-order valence-corrected chi connectivity index (χ1v) is 6.61. The number of rotatable bonds is 7. The van der Waals surface area contributed by atoms with Crippen molar-refractivity contribution in [3.63, 3.8) is 0 Å². The van der Waals surface area contributed by atoms with E-state index >= 15 is 0 Å². The van der Waals surface area contributed by atoms with E-state index < -0.39 is 0 Å². The van der Waals surface area contributed by atoms with Crippen LogP contribution in [0.5, 0.6) is 0 Å². The van der Waals surface area contributed by atoms with Gasteiger partial charge in [-0.25, -0.2) is 9.97 Å². The minimum absolute atomic E-state index is 0.479. The van der Waals surface area contributed by atoms with Gasteiger partial charge in [0.2, 0.25) is 0 Å². The summed E-state index contributed by atoms with van der Waals surface area (Å²) in [5, 5.41) is 4.21. The zero-order chi connectivity index (χ0) is 11.8. The highest BCUT2D eigenvalue weighted by molar-refractivity contribution is 7.99. The van der Waals surface area contributed by atoms with E-state index in [2.05, 4.69) is 29.1 Å². The molecule has 0 spiro atoms. The summed E-state index contributed by atoms with van der Waals surface area (Å²) in [6.45, 7) is 8.16. The Balaban J connectivity index is 2.80. The molecule has 16 heavy (non-hydrogen) atoms.